The zero-order chi connectivity index (χ0) is 21.6. The first kappa shape index (κ1) is 21.4. The van der Waals surface area contributed by atoms with E-state index in [2.05, 4.69) is 15.5 Å². The Morgan fingerprint density at radius 1 is 1.13 bits per heavy atom. The maximum absolute atomic E-state index is 12.3. The van der Waals surface area contributed by atoms with Crippen LogP contribution in [-0.4, -0.2) is 33.5 Å². The summed E-state index contributed by atoms with van der Waals surface area (Å²) in [5.41, 5.74) is 1.75. The molecule has 0 atom stereocenters. The van der Waals surface area contributed by atoms with E-state index in [0.29, 0.717) is 22.5 Å². The van der Waals surface area contributed by atoms with Crippen LogP contribution in [0.1, 0.15) is 4.88 Å². The molecule has 6 nitrogen and oxygen atoms in total. The van der Waals surface area contributed by atoms with E-state index in [1.165, 1.54) is 11.8 Å². The Bertz CT molecular complexity index is 1140. The van der Waals surface area contributed by atoms with E-state index >= 15 is 0 Å². The van der Waals surface area contributed by atoms with Gasteiger partial charge in [0.05, 0.1) is 19.4 Å². The molecule has 2 heterocycles. The Balaban J connectivity index is 1.57. The summed E-state index contributed by atoms with van der Waals surface area (Å²) in [4.78, 5) is 13.5. The van der Waals surface area contributed by atoms with Gasteiger partial charge in [-0.15, -0.1) is 21.5 Å². The van der Waals surface area contributed by atoms with Crippen LogP contribution in [0.5, 0.6) is 5.75 Å². The quantitative estimate of drug-likeness (QED) is 0.364. The molecule has 1 N–H and O–H groups in total. The number of methoxy groups -OCH3 is 1. The van der Waals surface area contributed by atoms with Crippen molar-refractivity contribution in [3.63, 3.8) is 0 Å². The highest BCUT2D eigenvalue weighted by Gasteiger charge is 2.17. The van der Waals surface area contributed by atoms with Crippen molar-refractivity contribution in [2.24, 2.45) is 0 Å². The van der Waals surface area contributed by atoms with Crippen molar-refractivity contribution in [2.75, 3.05) is 12.9 Å². The molecule has 158 valence electrons. The highest BCUT2D eigenvalue weighted by Crippen LogP contribution is 2.29. The van der Waals surface area contributed by atoms with E-state index < -0.39 is 0 Å². The number of nitrogens with one attached hydrogen (secondary N) is 1. The predicted octanol–water partition coefficient (Wildman–Crippen LogP) is 5.07. The highest BCUT2D eigenvalue weighted by molar-refractivity contribution is 7.99. The normalized spacial score (nSPS) is 10.8. The Labute approximate surface area is 193 Å². The molecule has 31 heavy (non-hydrogen) atoms. The summed E-state index contributed by atoms with van der Waals surface area (Å²) in [6.07, 6.45) is 0. The van der Waals surface area contributed by atoms with Gasteiger partial charge in [0.15, 0.2) is 11.0 Å². The summed E-state index contributed by atoms with van der Waals surface area (Å²) < 4.78 is 7.17. The third-order valence-electron chi connectivity index (χ3n) is 4.44. The van der Waals surface area contributed by atoms with Crippen LogP contribution in [0.4, 0.5) is 0 Å². The van der Waals surface area contributed by atoms with Crippen LogP contribution in [0.25, 0.3) is 17.1 Å². The van der Waals surface area contributed by atoms with Crippen molar-refractivity contribution in [1.82, 2.24) is 20.1 Å². The largest absolute Gasteiger partial charge is 0.497 e. The monoisotopic (exact) mass is 470 g/mol. The van der Waals surface area contributed by atoms with Crippen LogP contribution in [0.3, 0.4) is 0 Å². The molecule has 0 aliphatic heterocycles. The number of ether oxygens (including phenoxy) is 1. The van der Waals surface area contributed by atoms with Crippen LogP contribution < -0.4 is 10.1 Å². The van der Waals surface area contributed by atoms with Gasteiger partial charge in [0.1, 0.15) is 5.75 Å². The van der Waals surface area contributed by atoms with Crippen LogP contribution in [0.2, 0.25) is 5.02 Å². The molecule has 0 aliphatic rings. The maximum Gasteiger partial charge on any atom is 0.230 e. The first-order valence-corrected chi connectivity index (χ1v) is 11.7. The van der Waals surface area contributed by atoms with Crippen LogP contribution >= 0.6 is 34.7 Å². The van der Waals surface area contributed by atoms with Gasteiger partial charge in [-0.1, -0.05) is 29.4 Å². The van der Waals surface area contributed by atoms with Gasteiger partial charge in [-0.25, -0.2) is 0 Å². The summed E-state index contributed by atoms with van der Waals surface area (Å²) >= 11 is 9.02. The number of halogens is 1. The van der Waals surface area contributed by atoms with Crippen molar-refractivity contribution in [2.45, 2.75) is 11.7 Å². The number of nitrogens with zero attached hydrogens (tertiary/aromatic N) is 3. The van der Waals surface area contributed by atoms with Gasteiger partial charge in [0, 0.05) is 21.2 Å². The average Bonchev–Trinajstić information content (AvgIpc) is 3.47. The molecule has 1 amide bonds. The Morgan fingerprint density at radius 3 is 2.58 bits per heavy atom. The fraction of sp³-hybridized carbons (Fsp3) is 0.136. The smallest absolute Gasteiger partial charge is 0.230 e. The van der Waals surface area contributed by atoms with Gasteiger partial charge in [-0.2, -0.15) is 0 Å². The lowest BCUT2D eigenvalue weighted by Crippen LogP contribution is -2.24. The summed E-state index contributed by atoms with van der Waals surface area (Å²) in [6, 6.07) is 19.0. The lowest BCUT2D eigenvalue weighted by molar-refractivity contribution is -0.118. The van der Waals surface area contributed by atoms with Gasteiger partial charge in [0.25, 0.3) is 0 Å². The van der Waals surface area contributed by atoms with Gasteiger partial charge in [-0.05, 0) is 60.0 Å². The minimum atomic E-state index is -0.0601. The van der Waals surface area contributed by atoms with Crippen molar-refractivity contribution >= 4 is 40.6 Å². The zero-order valence-corrected chi connectivity index (χ0v) is 19.0. The Morgan fingerprint density at radius 2 is 1.90 bits per heavy atom. The lowest BCUT2D eigenvalue weighted by atomic mass is 10.2. The number of hydrogen-bond donors (Lipinski definition) is 1. The molecule has 0 saturated heterocycles. The molecule has 0 aliphatic carbocycles. The van der Waals surface area contributed by atoms with Gasteiger partial charge >= 0.3 is 0 Å². The second-order valence-electron chi connectivity index (χ2n) is 6.49. The second-order valence-corrected chi connectivity index (χ2v) is 8.90. The van der Waals surface area contributed by atoms with Crippen LogP contribution in [0, 0.1) is 0 Å². The minimum Gasteiger partial charge on any atom is -0.497 e. The lowest BCUT2D eigenvalue weighted by Gasteiger charge is -2.11. The molecule has 0 radical (unpaired) electrons. The third-order valence-corrected chi connectivity index (χ3v) is 6.50. The Hall–Kier alpha value is -2.81. The van der Waals surface area contributed by atoms with Crippen molar-refractivity contribution < 1.29 is 9.53 Å². The summed E-state index contributed by atoms with van der Waals surface area (Å²) in [5, 5.41) is 14.9. The maximum atomic E-state index is 12.3. The first-order chi connectivity index (χ1) is 15.1. The van der Waals surface area contributed by atoms with E-state index in [9.17, 15) is 4.79 Å². The molecule has 0 fully saturated rings. The zero-order valence-electron chi connectivity index (χ0n) is 16.6. The number of carbonyl (C=O) groups excluding carboxylic acids is 1. The van der Waals surface area contributed by atoms with Crippen molar-refractivity contribution in [3.8, 4) is 22.8 Å². The highest BCUT2D eigenvalue weighted by atomic mass is 35.5. The summed E-state index contributed by atoms with van der Waals surface area (Å²) in [6.45, 7) is 0.526. The molecule has 2 aromatic carbocycles. The fourth-order valence-electron chi connectivity index (χ4n) is 2.89. The molecule has 0 bridgehead atoms. The number of hydrogen-bond acceptors (Lipinski definition) is 6. The molecular formula is C22H19ClN4O2S2. The third kappa shape index (κ3) is 5.28. The van der Waals surface area contributed by atoms with E-state index in [-0.39, 0.29) is 11.7 Å². The van der Waals surface area contributed by atoms with E-state index in [0.717, 1.165) is 21.9 Å². The standard InChI is InChI=1S/C22H19ClN4O2S2/c1-29-18-10-4-15(5-11-18)21-25-26-22(27(21)17-8-6-16(23)7-9-17)31-14-20(28)24-13-19-3-2-12-30-19/h2-12H,13-14H2,1H3,(H,24,28). The van der Waals surface area contributed by atoms with Gasteiger partial charge in [0.2, 0.25) is 5.91 Å². The molecule has 0 saturated carbocycles. The van der Waals surface area contributed by atoms with E-state index in [1.807, 2.05) is 70.6 Å². The predicted molar refractivity (Wildman–Crippen MR) is 125 cm³/mol. The van der Waals surface area contributed by atoms with Crippen LogP contribution in [0.15, 0.2) is 71.2 Å². The molecule has 9 heteroatoms. The van der Waals surface area contributed by atoms with E-state index in [4.69, 9.17) is 16.3 Å². The number of thioether (sulfide) groups is 1. The molecule has 4 rings (SSSR count). The van der Waals surface area contributed by atoms with E-state index in [1.54, 1.807) is 18.4 Å². The fourth-order valence-corrected chi connectivity index (χ4v) is 4.45. The summed E-state index contributed by atoms with van der Waals surface area (Å²) in [5.74, 6) is 1.61. The van der Waals surface area contributed by atoms with Crippen LogP contribution in [-0.2, 0) is 11.3 Å². The topological polar surface area (TPSA) is 69.0 Å². The minimum absolute atomic E-state index is 0.0601. The molecule has 2 aromatic heterocycles. The number of amides is 1. The molecule has 0 unspecified atom stereocenters. The molecule has 0 spiro atoms. The van der Waals surface area contributed by atoms with Crippen molar-refractivity contribution in [1.29, 1.82) is 0 Å². The molecular weight excluding hydrogens is 452 g/mol. The van der Waals surface area contributed by atoms with Gasteiger partial charge in [-0.3, -0.25) is 9.36 Å². The first-order valence-electron chi connectivity index (χ1n) is 9.41. The number of carbonyl (C=O) groups is 1. The van der Waals surface area contributed by atoms with Gasteiger partial charge < -0.3 is 10.1 Å². The molecule has 4 aromatic rings. The number of thiophene rings is 1. The number of benzene rings is 2. The second kappa shape index (κ2) is 10.00. The van der Waals surface area contributed by atoms with Crippen molar-refractivity contribution in [3.05, 3.63) is 75.9 Å². The Kier molecular flexibility index (Phi) is 6.91. The average molecular weight is 471 g/mol. The number of aromatic nitrogens is 3. The SMILES string of the molecule is COc1ccc(-c2nnc(SCC(=O)NCc3cccs3)n2-c2ccc(Cl)cc2)cc1. The summed E-state index contributed by atoms with van der Waals surface area (Å²) in [7, 11) is 1.63. The number of rotatable bonds is 8.